The van der Waals surface area contributed by atoms with Crippen molar-refractivity contribution >= 4 is 13.7 Å². The predicted octanol–water partition coefficient (Wildman–Crippen LogP) is 13.0. The van der Waals surface area contributed by atoms with Crippen LogP contribution in [-0.4, -0.2) is 39.6 Å². The monoisotopic (exact) mass is 732 g/mol. The highest BCUT2D eigenvalue weighted by atomic mass is 31.2. The van der Waals surface area contributed by atoms with Crippen LogP contribution in [0.25, 0.3) is 0 Å². The number of carbonyl (C=O) groups is 1. The quantitative estimate of drug-likeness (QED) is 0.0367. The SMILES string of the molecule is CCCCCCCCCCCCCCCCCCCCCCCCCCCC(=O)N[C@@H](COP(=O)(O)O)[C@H](O)CCCCCCCCCCC. The minimum Gasteiger partial charge on any atom is -0.391 e. The van der Waals surface area contributed by atoms with E-state index in [0.29, 0.717) is 12.8 Å². The van der Waals surface area contributed by atoms with Crippen LogP contribution in [0.2, 0.25) is 0 Å². The second-order valence-electron chi connectivity index (χ2n) is 15.4. The van der Waals surface area contributed by atoms with Gasteiger partial charge in [-0.15, -0.1) is 0 Å². The standard InChI is InChI=1S/C42H86NO6P/c1-3-5-7-9-11-13-14-15-16-17-18-19-20-21-22-23-24-25-26-27-28-30-32-34-36-38-42(45)43-40(39-49-50(46,47)48)41(44)37-35-33-31-29-12-10-8-6-4-2/h40-41,44H,3-39H2,1-2H3,(H,43,45)(H2,46,47,48)/t40-,41+/m0/s1. The maximum atomic E-state index is 12.6. The van der Waals surface area contributed by atoms with Crippen LogP contribution in [0.3, 0.4) is 0 Å². The fourth-order valence-electron chi connectivity index (χ4n) is 7.00. The lowest BCUT2D eigenvalue weighted by Gasteiger charge is -2.24. The third-order valence-corrected chi connectivity index (χ3v) is 10.8. The summed E-state index contributed by atoms with van der Waals surface area (Å²) >= 11 is 0. The average molecular weight is 732 g/mol. The minimum atomic E-state index is -4.68. The number of aliphatic hydroxyl groups excluding tert-OH is 1. The van der Waals surface area contributed by atoms with Crippen molar-refractivity contribution in [3.63, 3.8) is 0 Å². The largest absolute Gasteiger partial charge is 0.469 e. The van der Waals surface area contributed by atoms with E-state index in [0.717, 1.165) is 38.5 Å². The van der Waals surface area contributed by atoms with Gasteiger partial charge in [-0.05, 0) is 12.8 Å². The Morgan fingerprint density at radius 3 is 1.08 bits per heavy atom. The maximum absolute atomic E-state index is 12.6. The van der Waals surface area contributed by atoms with E-state index < -0.39 is 26.6 Å². The molecule has 2 atom stereocenters. The molecule has 0 radical (unpaired) electrons. The molecule has 0 saturated heterocycles. The molecule has 1 amide bonds. The number of hydrogen-bond donors (Lipinski definition) is 4. The highest BCUT2D eigenvalue weighted by Crippen LogP contribution is 2.36. The molecule has 8 heteroatoms. The topological polar surface area (TPSA) is 116 Å². The van der Waals surface area contributed by atoms with Gasteiger partial charge in [0.25, 0.3) is 0 Å². The molecule has 0 aliphatic rings. The van der Waals surface area contributed by atoms with Crippen LogP contribution in [0.5, 0.6) is 0 Å². The van der Waals surface area contributed by atoms with Crippen molar-refractivity contribution in [2.75, 3.05) is 6.61 Å². The van der Waals surface area contributed by atoms with Gasteiger partial charge in [0.1, 0.15) is 0 Å². The van der Waals surface area contributed by atoms with E-state index in [4.69, 9.17) is 9.79 Å². The zero-order valence-electron chi connectivity index (χ0n) is 33.3. The lowest BCUT2D eigenvalue weighted by Crippen LogP contribution is -2.46. The number of unbranched alkanes of at least 4 members (excludes halogenated alkanes) is 32. The number of hydrogen-bond acceptors (Lipinski definition) is 4. The highest BCUT2D eigenvalue weighted by molar-refractivity contribution is 7.46. The van der Waals surface area contributed by atoms with Gasteiger partial charge in [-0.2, -0.15) is 0 Å². The van der Waals surface area contributed by atoms with Crippen LogP contribution in [0.15, 0.2) is 0 Å². The zero-order valence-corrected chi connectivity index (χ0v) is 34.2. The molecular formula is C42H86NO6P. The van der Waals surface area contributed by atoms with Gasteiger partial charge in [0.15, 0.2) is 0 Å². The molecule has 0 aliphatic carbocycles. The van der Waals surface area contributed by atoms with Crippen molar-refractivity contribution in [3.8, 4) is 0 Å². The summed E-state index contributed by atoms with van der Waals surface area (Å²) in [5, 5.41) is 13.5. The zero-order chi connectivity index (χ0) is 36.8. The fourth-order valence-corrected chi connectivity index (χ4v) is 7.35. The van der Waals surface area contributed by atoms with Crippen molar-refractivity contribution in [1.82, 2.24) is 5.32 Å². The minimum absolute atomic E-state index is 0.190. The average Bonchev–Trinajstić information content (AvgIpc) is 3.08. The van der Waals surface area contributed by atoms with E-state index in [1.807, 2.05) is 0 Å². The second-order valence-corrected chi connectivity index (χ2v) is 16.6. The molecule has 0 saturated carbocycles. The van der Waals surface area contributed by atoms with Gasteiger partial charge in [0, 0.05) is 6.42 Å². The summed E-state index contributed by atoms with van der Waals surface area (Å²) in [6.07, 6.45) is 44.0. The van der Waals surface area contributed by atoms with Crippen LogP contribution >= 0.6 is 7.82 Å². The molecule has 0 bridgehead atoms. The highest BCUT2D eigenvalue weighted by Gasteiger charge is 2.25. The number of carbonyl (C=O) groups excluding carboxylic acids is 1. The summed E-state index contributed by atoms with van der Waals surface area (Å²) in [5.74, 6) is -0.190. The van der Waals surface area contributed by atoms with Crippen molar-refractivity contribution in [2.45, 2.75) is 257 Å². The Labute approximate surface area is 310 Å². The Balaban J connectivity index is 3.69. The Morgan fingerprint density at radius 2 is 0.780 bits per heavy atom. The number of phosphoric acid groups is 1. The smallest absolute Gasteiger partial charge is 0.391 e. The summed E-state index contributed by atoms with van der Waals surface area (Å²) in [5.41, 5.74) is 0. The molecule has 0 aromatic heterocycles. The van der Waals surface area contributed by atoms with Gasteiger partial charge < -0.3 is 20.2 Å². The lowest BCUT2D eigenvalue weighted by atomic mass is 10.0. The van der Waals surface area contributed by atoms with Crippen LogP contribution in [0, 0.1) is 0 Å². The second kappa shape index (κ2) is 38.3. The van der Waals surface area contributed by atoms with Crippen molar-refractivity contribution in [2.24, 2.45) is 0 Å². The molecule has 50 heavy (non-hydrogen) atoms. The molecular weight excluding hydrogens is 645 g/mol. The predicted molar refractivity (Wildman–Crippen MR) is 213 cm³/mol. The number of amides is 1. The van der Waals surface area contributed by atoms with Crippen molar-refractivity contribution in [3.05, 3.63) is 0 Å². The van der Waals surface area contributed by atoms with Gasteiger partial charge >= 0.3 is 7.82 Å². The molecule has 7 nitrogen and oxygen atoms in total. The first kappa shape index (κ1) is 49.5. The van der Waals surface area contributed by atoms with E-state index in [1.165, 1.54) is 180 Å². The summed E-state index contributed by atoms with van der Waals surface area (Å²) < 4.78 is 15.9. The van der Waals surface area contributed by atoms with Crippen LogP contribution < -0.4 is 5.32 Å². The van der Waals surface area contributed by atoms with Crippen molar-refractivity contribution in [1.29, 1.82) is 0 Å². The van der Waals surface area contributed by atoms with Crippen LogP contribution in [-0.2, 0) is 13.9 Å². The molecule has 0 fully saturated rings. The van der Waals surface area contributed by atoms with Gasteiger partial charge in [-0.1, -0.05) is 226 Å². The number of phosphoric ester groups is 1. The summed E-state index contributed by atoms with van der Waals surface area (Å²) in [4.78, 5) is 30.8. The van der Waals surface area contributed by atoms with Gasteiger partial charge in [-0.25, -0.2) is 4.57 Å². The maximum Gasteiger partial charge on any atom is 0.469 e. The molecule has 0 unspecified atom stereocenters. The molecule has 0 aromatic rings. The van der Waals surface area contributed by atoms with Crippen LogP contribution in [0.4, 0.5) is 0 Å². The summed E-state index contributed by atoms with van der Waals surface area (Å²) in [7, 11) is -4.68. The van der Waals surface area contributed by atoms with Gasteiger partial charge in [0.2, 0.25) is 5.91 Å². The Kier molecular flexibility index (Phi) is 37.9. The van der Waals surface area contributed by atoms with E-state index in [2.05, 4.69) is 23.7 Å². The normalized spacial score (nSPS) is 13.1. The third-order valence-electron chi connectivity index (χ3n) is 10.3. The van der Waals surface area contributed by atoms with Crippen molar-refractivity contribution < 1.29 is 28.8 Å². The number of aliphatic hydroxyl groups is 1. The number of rotatable bonds is 41. The molecule has 300 valence electrons. The Hall–Kier alpha value is -0.460. The fraction of sp³-hybridized carbons (Fsp3) is 0.976. The summed E-state index contributed by atoms with van der Waals surface area (Å²) in [6.45, 7) is 4.11. The molecule has 0 aliphatic heterocycles. The van der Waals surface area contributed by atoms with E-state index >= 15 is 0 Å². The molecule has 0 aromatic carbocycles. The third kappa shape index (κ3) is 38.8. The lowest BCUT2D eigenvalue weighted by molar-refractivity contribution is -0.123. The Morgan fingerprint density at radius 1 is 0.500 bits per heavy atom. The Bertz CT molecular complexity index is 748. The van der Waals surface area contributed by atoms with E-state index in [1.54, 1.807) is 0 Å². The first-order chi connectivity index (χ1) is 24.3. The molecule has 0 rings (SSSR count). The van der Waals surface area contributed by atoms with Crippen LogP contribution in [0.1, 0.15) is 245 Å². The summed E-state index contributed by atoms with van der Waals surface area (Å²) in [6, 6.07) is -0.816. The molecule has 0 heterocycles. The van der Waals surface area contributed by atoms with Gasteiger partial charge in [0.05, 0.1) is 18.8 Å². The molecule has 0 spiro atoms. The number of nitrogens with one attached hydrogen (secondary N) is 1. The molecule has 4 N–H and O–H groups in total. The van der Waals surface area contributed by atoms with Gasteiger partial charge in [-0.3, -0.25) is 9.32 Å². The van der Waals surface area contributed by atoms with E-state index in [-0.39, 0.29) is 5.91 Å². The first-order valence-electron chi connectivity index (χ1n) is 22.0. The van der Waals surface area contributed by atoms with E-state index in [9.17, 15) is 14.5 Å². The first-order valence-corrected chi connectivity index (χ1v) is 23.5.